The van der Waals surface area contributed by atoms with Gasteiger partial charge in [0.1, 0.15) is 11.9 Å². The van der Waals surface area contributed by atoms with Crippen molar-refractivity contribution in [3.05, 3.63) is 76.6 Å². The number of hydrogen-bond donors (Lipinski definition) is 1. The molecule has 0 saturated carbocycles. The highest BCUT2D eigenvalue weighted by Crippen LogP contribution is 2.34. The molecule has 7 nitrogen and oxygen atoms in total. The van der Waals surface area contributed by atoms with Gasteiger partial charge in [0.25, 0.3) is 5.95 Å². The number of aromatic nitrogens is 3. The van der Waals surface area contributed by atoms with Crippen molar-refractivity contribution in [2.45, 2.75) is 18.9 Å². The van der Waals surface area contributed by atoms with Crippen LogP contribution in [0, 0.1) is 5.82 Å². The molecule has 2 aromatic carbocycles. The Morgan fingerprint density at radius 3 is 2.33 bits per heavy atom. The molecule has 5 rings (SSSR count). The third kappa shape index (κ3) is 3.15. The minimum Gasteiger partial charge on any atom is -0.324 e. The summed E-state index contributed by atoms with van der Waals surface area (Å²) in [4.78, 5) is 29.7. The summed E-state index contributed by atoms with van der Waals surface area (Å²) in [5.41, 5.74) is 2.41. The van der Waals surface area contributed by atoms with E-state index in [2.05, 4.69) is 15.4 Å². The van der Waals surface area contributed by atoms with Crippen LogP contribution < -0.4 is 10.2 Å². The van der Waals surface area contributed by atoms with Crippen molar-refractivity contribution >= 4 is 41.0 Å². The van der Waals surface area contributed by atoms with Crippen LogP contribution >= 0.6 is 11.6 Å². The fraction of sp³-hybridized carbons (Fsp3) is 0.143. The van der Waals surface area contributed by atoms with Gasteiger partial charge in [0, 0.05) is 23.6 Å². The Bertz CT molecular complexity index is 1170. The molecule has 0 unspecified atom stereocenters. The van der Waals surface area contributed by atoms with Crippen LogP contribution in [0.3, 0.4) is 0 Å². The van der Waals surface area contributed by atoms with E-state index in [-0.39, 0.29) is 36.4 Å². The molecule has 3 heterocycles. The lowest BCUT2D eigenvalue weighted by molar-refractivity contribution is -0.121. The molecule has 1 fully saturated rings. The van der Waals surface area contributed by atoms with Crippen molar-refractivity contribution < 1.29 is 14.0 Å². The molecule has 2 aliphatic heterocycles. The lowest BCUT2D eigenvalue weighted by Gasteiger charge is -2.24. The number of benzene rings is 2. The average molecular weight is 424 g/mol. The molecule has 1 aromatic heterocycles. The summed E-state index contributed by atoms with van der Waals surface area (Å²) in [6.45, 7) is 0. The number of carbonyl (C=O) groups is 2. The van der Waals surface area contributed by atoms with Gasteiger partial charge in [-0.05, 0) is 41.5 Å². The number of rotatable bonds is 3. The van der Waals surface area contributed by atoms with Crippen LogP contribution in [0.15, 0.2) is 54.6 Å². The molecular formula is C21H15ClFN5O2. The Morgan fingerprint density at radius 2 is 1.67 bits per heavy atom. The lowest BCUT2D eigenvalue weighted by atomic mass is 10.0. The first-order valence-electron chi connectivity index (χ1n) is 9.32. The van der Waals surface area contributed by atoms with E-state index >= 15 is 0 Å². The first kappa shape index (κ1) is 18.5. The Kier molecular flexibility index (Phi) is 4.36. The maximum atomic E-state index is 13.5. The van der Waals surface area contributed by atoms with Gasteiger partial charge < -0.3 is 5.32 Å². The fourth-order valence-corrected chi connectivity index (χ4v) is 3.70. The number of imide groups is 1. The van der Waals surface area contributed by atoms with E-state index in [9.17, 15) is 14.0 Å². The summed E-state index contributed by atoms with van der Waals surface area (Å²) in [5, 5.41) is 8.24. The van der Waals surface area contributed by atoms with E-state index in [4.69, 9.17) is 11.6 Å². The Labute approximate surface area is 175 Å². The van der Waals surface area contributed by atoms with Crippen molar-refractivity contribution in [2.24, 2.45) is 0 Å². The van der Waals surface area contributed by atoms with Gasteiger partial charge in [0.2, 0.25) is 17.8 Å². The number of carbonyl (C=O) groups excluding carboxylic acids is 2. The molecular weight excluding hydrogens is 409 g/mol. The van der Waals surface area contributed by atoms with E-state index < -0.39 is 6.04 Å². The summed E-state index contributed by atoms with van der Waals surface area (Å²) in [6, 6.07) is 12.9. The second-order valence-corrected chi connectivity index (χ2v) is 7.45. The zero-order chi connectivity index (χ0) is 20.8. The van der Waals surface area contributed by atoms with E-state index in [1.54, 1.807) is 28.9 Å². The highest BCUT2D eigenvalue weighted by molar-refractivity contribution is 6.30. The van der Waals surface area contributed by atoms with Gasteiger partial charge in [-0.25, -0.2) is 14.0 Å². The van der Waals surface area contributed by atoms with Gasteiger partial charge >= 0.3 is 0 Å². The van der Waals surface area contributed by atoms with E-state index in [0.29, 0.717) is 11.0 Å². The topological polar surface area (TPSA) is 80.1 Å². The third-order valence-corrected chi connectivity index (χ3v) is 5.32. The number of amides is 2. The quantitative estimate of drug-likeness (QED) is 0.648. The number of anilines is 2. The predicted molar refractivity (Wildman–Crippen MR) is 109 cm³/mol. The molecule has 0 bridgehead atoms. The monoisotopic (exact) mass is 423 g/mol. The van der Waals surface area contributed by atoms with Gasteiger partial charge in [0.15, 0.2) is 0 Å². The number of nitrogens with zero attached hydrogens (tertiary/aromatic N) is 4. The normalized spacial score (nSPS) is 18.3. The van der Waals surface area contributed by atoms with Crippen molar-refractivity contribution in [3.8, 4) is 0 Å². The second kappa shape index (κ2) is 7.07. The van der Waals surface area contributed by atoms with Crippen LogP contribution in [-0.4, -0.2) is 26.6 Å². The standard InChI is InChI=1S/C21H15ClFN5O2/c22-14-5-1-12(2-6-14)16-11-17(13-3-7-15(23)8-4-13)28-20(24-16)25-21(26-28)27-18(29)9-10-19(27)30/h1-8,11,17H,9-10H2,(H,24,25,26)/t17-/m1/s1. The number of nitrogens with one attached hydrogen (secondary N) is 1. The Balaban J connectivity index is 1.61. The molecule has 30 heavy (non-hydrogen) atoms. The SMILES string of the molecule is O=C1CCC(=O)N1c1nc2n(n1)[C@@H](c1ccc(F)cc1)C=C(c1ccc(Cl)cc1)N2. The van der Waals surface area contributed by atoms with Gasteiger partial charge in [-0.2, -0.15) is 4.98 Å². The Morgan fingerprint density at radius 1 is 1.00 bits per heavy atom. The van der Waals surface area contributed by atoms with E-state index in [0.717, 1.165) is 21.7 Å². The number of fused-ring (bicyclic) bond motifs is 1. The molecule has 3 aromatic rings. The molecule has 9 heteroatoms. The minimum atomic E-state index is -0.415. The molecule has 2 amide bonds. The predicted octanol–water partition coefficient (Wildman–Crippen LogP) is 3.78. The molecule has 1 N–H and O–H groups in total. The zero-order valence-corrected chi connectivity index (χ0v) is 16.3. The maximum absolute atomic E-state index is 13.5. The maximum Gasteiger partial charge on any atom is 0.260 e. The van der Waals surface area contributed by atoms with Crippen molar-refractivity contribution in [1.29, 1.82) is 0 Å². The van der Waals surface area contributed by atoms with Gasteiger partial charge in [-0.3, -0.25) is 9.59 Å². The summed E-state index contributed by atoms with van der Waals surface area (Å²) in [5.74, 6) is -0.594. The molecule has 2 aliphatic rings. The van der Waals surface area contributed by atoms with Crippen LogP contribution in [0.1, 0.15) is 30.0 Å². The fourth-order valence-electron chi connectivity index (χ4n) is 3.57. The minimum absolute atomic E-state index is 0.0304. The van der Waals surface area contributed by atoms with Crippen LogP contribution in [0.25, 0.3) is 5.70 Å². The van der Waals surface area contributed by atoms with E-state index in [1.807, 2.05) is 18.2 Å². The van der Waals surface area contributed by atoms with Crippen LogP contribution in [0.4, 0.5) is 16.3 Å². The van der Waals surface area contributed by atoms with Crippen LogP contribution in [0.2, 0.25) is 5.02 Å². The first-order valence-corrected chi connectivity index (χ1v) is 9.70. The lowest BCUT2D eigenvalue weighted by Crippen LogP contribution is -2.29. The number of halogens is 2. The van der Waals surface area contributed by atoms with Crippen molar-refractivity contribution in [2.75, 3.05) is 10.2 Å². The highest BCUT2D eigenvalue weighted by atomic mass is 35.5. The van der Waals surface area contributed by atoms with Crippen LogP contribution in [-0.2, 0) is 9.59 Å². The van der Waals surface area contributed by atoms with Crippen molar-refractivity contribution in [1.82, 2.24) is 14.8 Å². The second-order valence-electron chi connectivity index (χ2n) is 7.01. The smallest absolute Gasteiger partial charge is 0.260 e. The van der Waals surface area contributed by atoms with Gasteiger partial charge in [-0.1, -0.05) is 35.9 Å². The Hall–Kier alpha value is -3.52. The molecule has 1 saturated heterocycles. The summed E-state index contributed by atoms with van der Waals surface area (Å²) < 4.78 is 15.1. The largest absolute Gasteiger partial charge is 0.324 e. The average Bonchev–Trinajstić information content (AvgIpc) is 3.30. The molecule has 0 radical (unpaired) electrons. The molecule has 0 aliphatic carbocycles. The number of allylic oxidation sites excluding steroid dienone is 1. The van der Waals surface area contributed by atoms with Gasteiger partial charge in [-0.15, -0.1) is 5.10 Å². The number of hydrogen-bond acceptors (Lipinski definition) is 5. The third-order valence-electron chi connectivity index (χ3n) is 5.07. The molecule has 0 spiro atoms. The summed E-state index contributed by atoms with van der Waals surface area (Å²) in [6.07, 6.45) is 2.22. The van der Waals surface area contributed by atoms with Gasteiger partial charge in [0.05, 0.1) is 0 Å². The van der Waals surface area contributed by atoms with E-state index in [1.165, 1.54) is 12.1 Å². The first-order chi connectivity index (χ1) is 14.5. The summed E-state index contributed by atoms with van der Waals surface area (Å²) >= 11 is 6.00. The highest BCUT2D eigenvalue weighted by Gasteiger charge is 2.35. The zero-order valence-electron chi connectivity index (χ0n) is 15.5. The van der Waals surface area contributed by atoms with Crippen LogP contribution in [0.5, 0.6) is 0 Å². The molecule has 150 valence electrons. The van der Waals surface area contributed by atoms with Crippen molar-refractivity contribution in [3.63, 3.8) is 0 Å². The summed E-state index contributed by atoms with van der Waals surface area (Å²) in [7, 11) is 0. The molecule has 1 atom stereocenters.